The highest BCUT2D eigenvalue weighted by atomic mass is 16.2. The molecule has 0 saturated carbocycles. The van der Waals surface area contributed by atoms with Crippen LogP contribution >= 0.6 is 0 Å². The molecule has 0 spiro atoms. The van der Waals surface area contributed by atoms with Gasteiger partial charge < -0.3 is 10.6 Å². The van der Waals surface area contributed by atoms with E-state index in [0.29, 0.717) is 12.1 Å². The van der Waals surface area contributed by atoms with E-state index >= 15 is 0 Å². The van der Waals surface area contributed by atoms with E-state index in [9.17, 15) is 9.59 Å². The second kappa shape index (κ2) is 5.79. The van der Waals surface area contributed by atoms with E-state index < -0.39 is 6.04 Å². The predicted octanol–water partition coefficient (Wildman–Crippen LogP) is 1.70. The lowest BCUT2D eigenvalue weighted by Gasteiger charge is -2.18. The number of benzene rings is 2. The molecule has 1 heterocycles. The minimum atomic E-state index is -0.528. The Morgan fingerprint density at radius 2 is 1.62 bits per heavy atom. The summed E-state index contributed by atoms with van der Waals surface area (Å²) in [5, 5.41) is 5.66. The summed E-state index contributed by atoms with van der Waals surface area (Å²) in [4.78, 5) is 24.2. The van der Waals surface area contributed by atoms with E-state index in [-0.39, 0.29) is 17.7 Å². The minimum absolute atomic E-state index is 0.0358. The summed E-state index contributed by atoms with van der Waals surface area (Å²) >= 11 is 0. The molecule has 0 radical (unpaired) electrons. The second-order valence-corrected chi connectivity index (χ2v) is 5.08. The first-order valence-electron chi connectivity index (χ1n) is 6.94. The highest BCUT2D eigenvalue weighted by Crippen LogP contribution is 2.23. The van der Waals surface area contributed by atoms with E-state index in [1.54, 1.807) is 24.3 Å². The number of amides is 2. The van der Waals surface area contributed by atoms with Crippen LogP contribution in [0.4, 0.5) is 0 Å². The van der Waals surface area contributed by atoms with E-state index in [1.165, 1.54) is 0 Å². The SMILES string of the molecule is O=C(N[C@@H]1C(=O)NC[C@H]1c1ccccc1)c1ccccc1. The van der Waals surface area contributed by atoms with Crippen molar-refractivity contribution in [2.24, 2.45) is 0 Å². The summed E-state index contributed by atoms with van der Waals surface area (Å²) in [5.41, 5.74) is 1.61. The third kappa shape index (κ3) is 2.79. The molecule has 0 aromatic heterocycles. The molecule has 3 rings (SSSR count). The first-order chi connectivity index (χ1) is 10.3. The Kier molecular flexibility index (Phi) is 3.69. The van der Waals surface area contributed by atoms with Crippen molar-refractivity contribution >= 4 is 11.8 Å². The van der Waals surface area contributed by atoms with Gasteiger partial charge in [0.15, 0.2) is 0 Å². The topological polar surface area (TPSA) is 58.2 Å². The molecule has 2 aromatic rings. The molecule has 21 heavy (non-hydrogen) atoms. The quantitative estimate of drug-likeness (QED) is 0.899. The lowest BCUT2D eigenvalue weighted by Crippen LogP contribution is -2.42. The Balaban J connectivity index is 1.79. The molecular formula is C17H16N2O2. The fourth-order valence-corrected chi connectivity index (χ4v) is 2.61. The third-order valence-electron chi connectivity index (χ3n) is 3.73. The van der Waals surface area contributed by atoms with Crippen LogP contribution in [0.1, 0.15) is 21.8 Å². The zero-order valence-electron chi connectivity index (χ0n) is 11.5. The summed E-state index contributed by atoms with van der Waals surface area (Å²) in [5.74, 6) is -0.391. The molecule has 2 aromatic carbocycles. The van der Waals surface area contributed by atoms with Crippen molar-refractivity contribution in [2.45, 2.75) is 12.0 Å². The summed E-state index contributed by atoms with van der Waals surface area (Å²) < 4.78 is 0. The molecule has 2 amide bonds. The molecule has 0 aliphatic carbocycles. The van der Waals surface area contributed by atoms with Crippen molar-refractivity contribution in [2.75, 3.05) is 6.54 Å². The molecule has 1 saturated heterocycles. The van der Waals surface area contributed by atoms with Crippen LogP contribution in [0.5, 0.6) is 0 Å². The molecule has 1 aliphatic heterocycles. The van der Waals surface area contributed by atoms with Gasteiger partial charge in [-0.05, 0) is 17.7 Å². The zero-order valence-corrected chi connectivity index (χ0v) is 11.5. The van der Waals surface area contributed by atoms with E-state index in [1.807, 2.05) is 36.4 Å². The first kappa shape index (κ1) is 13.4. The standard InChI is InChI=1S/C17H16N2O2/c20-16(13-9-5-2-6-10-13)19-15-14(11-18-17(15)21)12-7-3-1-4-8-12/h1-10,14-15H,11H2,(H,18,21)(H,19,20)/t14-,15-/m0/s1. The Labute approximate surface area is 123 Å². The summed E-state index contributed by atoms with van der Waals surface area (Å²) in [6, 6.07) is 18.2. The smallest absolute Gasteiger partial charge is 0.251 e. The van der Waals surface area contributed by atoms with Crippen LogP contribution in [0.25, 0.3) is 0 Å². The van der Waals surface area contributed by atoms with Gasteiger partial charge in [-0.1, -0.05) is 48.5 Å². The van der Waals surface area contributed by atoms with E-state index in [0.717, 1.165) is 5.56 Å². The van der Waals surface area contributed by atoms with Gasteiger partial charge in [0.25, 0.3) is 5.91 Å². The van der Waals surface area contributed by atoms with Gasteiger partial charge in [0.05, 0.1) is 0 Å². The summed E-state index contributed by atoms with van der Waals surface area (Å²) in [6.45, 7) is 0.544. The molecule has 2 atom stereocenters. The molecule has 2 N–H and O–H groups in total. The highest BCUT2D eigenvalue weighted by molar-refractivity contribution is 5.98. The molecular weight excluding hydrogens is 264 g/mol. The van der Waals surface area contributed by atoms with Crippen molar-refractivity contribution in [1.82, 2.24) is 10.6 Å². The number of hydrogen-bond acceptors (Lipinski definition) is 2. The number of nitrogens with one attached hydrogen (secondary N) is 2. The maximum Gasteiger partial charge on any atom is 0.251 e. The van der Waals surface area contributed by atoms with Gasteiger partial charge in [-0.15, -0.1) is 0 Å². The monoisotopic (exact) mass is 280 g/mol. The number of carbonyl (C=O) groups is 2. The van der Waals surface area contributed by atoms with Crippen LogP contribution in [-0.2, 0) is 4.79 Å². The van der Waals surface area contributed by atoms with Gasteiger partial charge in [0, 0.05) is 18.0 Å². The van der Waals surface area contributed by atoms with Crippen molar-refractivity contribution in [1.29, 1.82) is 0 Å². The van der Waals surface area contributed by atoms with Gasteiger partial charge in [-0.2, -0.15) is 0 Å². The van der Waals surface area contributed by atoms with Crippen molar-refractivity contribution in [3.63, 3.8) is 0 Å². The predicted molar refractivity (Wildman–Crippen MR) is 79.9 cm³/mol. The number of hydrogen-bond donors (Lipinski definition) is 2. The van der Waals surface area contributed by atoms with Gasteiger partial charge in [0.2, 0.25) is 5.91 Å². The highest BCUT2D eigenvalue weighted by Gasteiger charge is 2.36. The average Bonchev–Trinajstić information content (AvgIpc) is 2.90. The van der Waals surface area contributed by atoms with Crippen molar-refractivity contribution in [3.8, 4) is 0 Å². The lowest BCUT2D eigenvalue weighted by atomic mass is 9.94. The van der Waals surface area contributed by atoms with Crippen LogP contribution in [-0.4, -0.2) is 24.4 Å². The number of carbonyl (C=O) groups excluding carboxylic acids is 2. The van der Waals surface area contributed by atoms with Crippen LogP contribution in [0.2, 0.25) is 0 Å². The van der Waals surface area contributed by atoms with Gasteiger partial charge >= 0.3 is 0 Å². The van der Waals surface area contributed by atoms with Crippen LogP contribution in [0.3, 0.4) is 0 Å². The lowest BCUT2D eigenvalue weighted by molar-refractivity contribution is -0.120. The summed E-state index contributed by atoms with van der Waals surface area (Å²) in [6.07, 6.45) is 0. The Hall–Kier alpha value is -2.62. The fourth-order valence-electron chi connectivity index (χ4n) is 2.61. The first-order valence-corrected chi connectivity index (χ1v) is 6.94. The molecule has 0 unspecified atom stereocenters. The Bertz CT molecular complexity index is 640. The molecule has 1 aliphatic rings. The Morgan fingerprint density at radius 3 is 2.29 bits per heavy atom. The number of rotatable bonds is 3. The third-order valence-corrected chi connectivity index (χ3v) is 3.73. The second-order valence-electron chi connectivity index (χ2n) is 5.08. The Morgan fingerprint density at radius 1 is 1.00 bits per heavy atom. The molecule has 1 fully saturated rings. The summed E-state index contributed by atoms with van der Waals surface area (Å²) in [7, 11) is 0. The van der Waals surface area contributed by atoms with E-state index in [4.69, 9.17) is 0 Å². The molecule has 0 bridgehead atoms. The normalized spacial score (nSPS) is 20.9. The molecule has 106 valence electrons. The van der Waals surface area contributed by atoms with Crippen LogP contribution in [0, 0.1) is 0 Å². The maximum absolute atomic E-state index is 12.2. The van der Waals surface area contributed by atoms with Gasteiger partial charge in [-0.25, -0.2) is 0 Å². The largest absolute Gasteiger partial charge is 0.354 e. The van der Waals surface area contributed by atoms with Crippen molar-refractivity contribution in [3.05, 3.63) is 71.8 Å². The molecule has 4 heteroatoms. The maximum atomic E-state index is 12.2. The van der Waals surface area contributed by atoms with Crippen molar-refractivity contribution < 1.29 is 9.59 Å². The van der Waals surface area contributed by atoms with Crippen LogP contribution in [0.15, 0.2) is 60.7 Å². The average molecular weight is 280 g/mol. The molecule has 4 nitrogen and oxygen atoms in total. The minimum Gasteiger partial charge on any atom is -0.354 e. The van der Waals surface area contributed by atoms with Gasteiger partial charge in [0.1, 0.15) is 6.04 Å². The van der Waals surface area contributed by atoms with E-state index in [2.05, 4.69) is 10.6 Å². The van der Waals surface area contributed by atoms with Crippen LogP contribution < -0.4 is 10.6 Å². The van der Waals surface area contributed by atoms with Gasteiger partial charge in [-0.3, -0.25) is 9.59 Å². The fraction of sp³-hybridized carbons (Fsp3) is 0.176. The zero-order chi connectivity index (χ0) is 14.7.